The Morgan fingerprint density at radius 1 is 1.09 bits per heavy atom. The standard InChI is InChI=1S/C24H25N3O5S/c1-14(2)17-5-10-22-21(11-17)18(13-31-22)12-23(28)25-19-6-8-20(9-7-19)33(29,30)27-24-15(3)16(4)26-32-24/h5-11,13-14,27H,12H2,1-4H3,(H,25,28). The zero-order valence-electron chi connectivity index (χ0n) is 18.8. The van der Waals surface area contributed by atoms with Gasteiger partial charge < -0.3 is 14.3 Å². The van der Waals surface area contributed by atoms with Crippen molar-refractivity contribution in [3.63, 3.8) is 0 Å². The minimum Gasteiger partial charge on any atom is -0.464 e. The summed E-state index contributed by atoms with van der Waals surface area (Å²) in [6.07, 6.45) is 1.74. The second-order valence-electron chi connectivity index (χ2n) is 8.25. The molecule has 0 spiro atoms. The number of nitrogens with one attached hydrogen (secondary N) is 2. The Morgan fingerprint density at radius 3 is 2.45 bits per heavy atom. The molecule has 2 N–H and O–H groups in total. The first-order chi connectivity index (χ1) is 15.6. The Morgan fingerprint density at radius 2 is 1.82 bits per heavy atom. The molecule has 0 atom stereocenters. The molecule has 2 aromatic heterocycles. The van der Waals surface area contributed by atoms with Crippen molar-refractivity contribution >= 4 is 38.5 Å². The molecule has 9 heteroatoms. The highest BCUT2D eigenvalue weighted by molar-refractivity contribution is 7.92. The van der Waals surface area contributed by atoms with Crippen molar-refractivity contribution in [2.75, 3.05) is 10.0 Å². The molecule has 0 saturated carbocycles. The van der Waals surface area contributed by atoms with E-state index in [-0.39, 0.29) is 23.1 Å². The molecule has 8 nitrogen and oxygen atoms in total. The van der Waals surface area contributed by atoms with Crippen LogP contribution in [0.15, 0.2) is 62.6 Å². The zero-order chi connectivity index (χ0) is 23.8. The number of hydrogen-bond donors (Lipinski definition) is 2. The first-order valence-corrected chi connectivity index (χ1v) is 12.0. The first-order valence-electron chi connectivity index (χ1n) is 10.5. The lowest BCUT2D eigenvalue weighted by Gasteiger charge is -2.08. The lowest BCUT2D eigenvalue weighted by molar-refractivity contribution is -0.115. The summed E-state index contributed by atoms with van der Waals surface area (Å²) in [6.45, 7) is 7.67. The second kappa shape index (κ2) is 8.74. The van der Waals surface area contributed by atoms with Gasteiger partial charge in [-0.05, 0) is 61.7 Å². The van der Waals surface area contributed by atoms with Crippen LogP contribution in [0.2, 0.25) is 0 Å². The van der Waals surface area contributed by atoms with Gasteiger partial charge in [0.2, 0.25) is 11.8 Å². The molecular weight excluding hydrogens is 442 g/mol. The number of benzene rings is 2. The number of aromatic nitrogens is 1. The average molecular weight is 468 g/mol. The number of sulfonamides is 1. The second-order valence-corrected chi connectivity index (χ2v) is 9.93. The molecule has 0 radical (unpaired) electrons. The van der Waals surface area contributed by atoms with E-state index in [9.17, 15) is 13.2 Å². The Balaban J connectivity index is 1.45. The van der Waals surface area contributed by atoms with E-state index in [4.69, 9.17) is 8.94 Å². The zero-order valence-corrected chi connectivity index (χ0v) is 19.6. The summed E-state index contributed by atoms with van der Waals surface area (Å²) in [5.74, 6) is 0.222. The van der Waals surface area contributed by atoms with E-state index in [1.165, 1.54) is 29.8 Å². The van der Waals surface area contributed by atoms with Crippen molar-refractivity contribution in [2.45, 2.75) is 44.9 Å². The number of carbonyl (C=O) groups is 1. The van der Waals surface area contributed by atoms with Crippen molar-refractivity contribution in [1.29, 1.82) is 0 Å². The normalized spacial score (nSPS) is 11.8. The number of amides is 1. The molecule has 0 aliphatic rings. The van der Waals surface area contributed by atoms with E-state index in [0.717, 1.165) is 16.5 Å². The van der Waals surface area contributed by atoms with Gasteiger partial charge in [0, 0.05) is 22.2 Å². The van der Waals surface area contributed by atoms with Gasteiger partial charge in [0.15, 0.2) is 0 Å². The fourth-order valence-electron chi connectivity index (χ4n) is 3.38. The van der Waals surface area contributed by atoms with Crippen molar-refractivity contribution in [2.24, 2.45) is 0 Å². The molecule has 4 rings (SSSR count). The average Bonchev–Trinajstić information content (AvgIpc) is 3.31. The lowest BCUT2D eigenvalue weighted by atomic mass is 10.00. The van der Waals surface area contributed by atoms with Crippen LogP contribution in [0.3, 0.4) is 0 Å². The monoisotopic (exact) mass is 467 g/mol. The van der Waals surface area contributed by atoms with Gasteiger partial charge in [0.05, 0.1) is 23.3 Å². The highest BCUT2D eigenvalue weighted by Crippen LogP contribution is 2.27. The van der Waals surface area contributed by atoms with Crippen LogP contribution in [0, 0.1) is 13.8 Å². The summed E-state index contributed by atoms with van der Waals surface area (Å²) in [5.41, 5.74) is 4.42. The summed E-state index contributed by atoms with van der Waals surface area (Å²) < 4.78 is 38.2. The van der Waals surface area contributed by atoms with Crippen LogP contribution in [-0.2, 0) is 21.2 Å². The third kappa shape index (κ3) is 4.78. The highest BCUT2D eigenvalue weighted by atomic mass is 32.2. The van der Waals surface area contributed by atoms with Crippen molar-refractivity contribution < 1.29 is 22.2 Å². The first kappa shape index (κ1) is 22.6. The number of rotatable bonds is 7. The van der Waals surface area contributed by atoms with Crippen molar-refractivity contribution in [1.82, 2.24) is 5.16 Å². The Bertz CT molecular complexity index is 1420. The predicted molar refractivity (Wildman–Crippen MR) is 126 cm³/mol. The van der Waals surface area contributed by atoms with Crippen molar-refractivity contribution in [3.05, 3.63) is 71.1 Å². The van der Waals surface area contributed by atoms with E-state index in [2.05, 4.69) is 35.1 Å². The maximum Gasteiger partial charge on any atom is 0.264 e. The maximum atomic E-state index is 12.6. The van der Waals surface area contributed by atoms with Crippen LogP contribution < -0.4 is 10.0 Å². The smallest absolute Gasteiger partial charge is 0.264 e. The minimum absolute atomic E-state index is 0.0380. The third-order valence-electron chi connectivity index (χ3n) is 5.53. The van der Waals surface area contributed by atoms with E-state index in [1.54, 1.807) is 20.1 Å². The lowest BCUT2D eigenvalue weighted by Crippen LogP contribution is -2.15. The van der Waals surface area contributed by atoms with E-state index in [0.29, 0.717) is 22.9 Å². The summed E-state index contributed by atoms with van der Waals surface area (Å²) in [6, 6.07) is 11.9. The molecule has 2 aromatic carbocycles. The summed E-state index contributed by atoms with van der Waals surface area (Å²) in [5, 5.41) is 7.46. The molecule has 0 saturated heterocycles. The summed E-state index contributed by atoms with van der Waals surface area (Å²) in [7, 11) is -3.85. The third-order valence-corrected chi connectivity index (χ3v) is 6.87. The van der Waals surface area contributed by atoms with Gasteiger partial charge in [-0.3, -0.25) is 4.79 Å². The molecule has 0 bridgehead atoms. The molecule has 4 aromatic rings. The number of nitrogens with zero attached hydrogens (tertiary/aromatic N) is 1. The molecule has 1 amide bonds. The Kier molecular flexibility index (Phi) is 5.99. The topological polar surface area (TPSA) is 114 Å². The SMILES string of the molecule is Cc1noc(NS(=O)(=O)c2ccc(NC(=O)Cc3coc4ccc(C(C)C)cc34)cc2)c1C. The molecule has 0 aliphatic heterocycles. The van der Waals surface area contributed by atoms with E-state index < -0.39 is 10.0 Å². The number of hydrogen-bond acceptors (Lipinski definition) is 6. The summed E-state index contributed by atoms with van der Waals surface area (Å²) in [4.78, 5) is 12.6. The molecule has 0 unspecified atom stereocenters. The van der Waals surface area contributed by atoms with Gasteiger partial charge >= 0.3 is 0 Å². The van der Waals surface area contributed by atoms with Crippen LogP contribution in [0.5, 0.6) is 0 Å². The molecular formula is C24H25N3O5S. The minimum atomic E-state index is -3.85. The molecule has 0 aliphatic carbocycles. The number of fused-ring (bicyclic) bond motifs is 1. The van der Waals surface area contributed by atoms with Crippen LogP contribution in [-0.4, -0.2) is 19.5 Å². The fraction of sp³-hybridized carbons (Fsp3) is 0.250. The van der Waals surface area contributed by atoms with Gasteiger partial charge in [-0.15, -0.1) is 0 Å². The predicted octanol–water partition coefficient (Wildman–Crippen LogP) is 5.14. The summed E-state index contributed by atoms with van der Waals surface area (Å²) >= 11 is 0. The van der Waals surface area contributed by atoms with E-state index >= 15 is 0 Å². The van der Waals surface area contributed by atoms with Gasteiger partial charge in [-0.2, -0.15) is 0 Å². The van der Waals surface area contributed by atoms with Gasteiger partial charge in [-0.1, -0.05) is 25.1 Å². The van der Waals surface area contributed by atoms with Gasteiger partial charge in [0.1, 0.15) is 5.58 Å². The van der Waals surface area contributed by atoms with Crippen LogP contribution in [0.1, 0.15) is 42.1 Å². The molecule has 172 valence electrons. The highest BCUT2D eigenvalue weighted by Gasteiger charge is 2.19. The molecule has 33 heavy (non-hydrogen) atoms. The number of carbonyl (C=O) groups excluding carboxylic acids is 1. The van der Waals surface area contributed by atoms with Crippen LogP contribution in [0.4, 0.5) is 11.6 Å². The van der Waals surface area contributed by atoms with Crippen LogP contribution in [0.25, 0.3) is 11.0 Å². The molecule has 2 heterocycles. The Hall–Kier alpha value is -3.59. The fourth-order valence-corrected chi connectivity index (χ4v) is 4.43. The van der Waals surface area contributed by atoms with Crippen LogP contribution >= 0.6 is 0 Å². The number of anilines is 2. The van der Waals surface area contributed by atoms with E-state index in [1.807, 2.05) is 12.1 Å². The maximum absolute atomic E-state index is 12.6. The largest absolute Gasteiger partial charge is 0.464 e. The van der Waals surface area contributed by atoms with Gasteiger partial charge in [0.25, 0.3) is 10.0 Å². The van der Waals surface area contributed by atoms with Gasteiger partial charge in [-0.25, -0.2) is 13.1 Å². The quantitative estimate of drug-likeness (QED) is 0.389. The number of aryl methyl sites for hydroxylation is 1. The number of furan rings is 1. The molecule has 0 fully saturated rings. The van der Waals surface area contributed by atoms with Crippen molar-refractivity contribution in [3.8, 4) is 0 Å². The Labute approximate surface area is 192 Å².